The number of rotatable bonds is 4. The SMILES string of the molecule is Cc1ccn2c(C(=O)NCC3CC(=O)N(c4ccccc4)C3)c(C)nc2c1. The van der Waals surface area contributed by atoms with Gasteiger partial charge in [0.1, 0.15) is 11.3 Å². The maximum Gasteiger partial charge on any atom is 0.270 e. The Morgan fingerprint density at radius 1 is 1.22 bits per heavy atom. The van der Waals surface area contributed by atoms with Gasteiger partial charge in [0.2, 0.25) is 5.91 Å². The second-order valence-electron chi connectivity index (χ2n) is 7.10. The van der Waals surface area contributed by atoms with E-state index in [-0.39, 0.29) is 17.7 Å². The Bertz CT molecular complexity index is 1010. The lowest BCUT2D eigenvalue weighted by molar-refractivity contribution is -0.117. The molecule has 6 nitrogen and oxygen atoms in total. The van der Waals surface area contributed by atoms with Gasteiger partial charge in [-0.1, -0.05) is 18.2 Å². The molecule has 0 radical (unpaired) electrons. The third-order valence-corrected chi connectivity index (χ3v) is 5.00. The first kappa shape index (κ1) is 17.3. The zero-order chi connectivity index (χ0) is 19.0. The van der Waals surface area contributed by atoms with Gasteiger partial charge in [-0.3, -0.25) is 14.0 Å². The first-order chi connectivity index (χ1) is 13.0. The zero-order valence-corrected chi connectivity index (χ0v) is 15.5. The van der Waals surface area contributed by atoms with E-state index in [9.17, 15) is 9.59 Å². The number of fused-ring (bicyclic) bond motifs is 1. The number of anilines is 1. The van der Waals surface area contributed by atoms with Crippen molar-refractivity contribution in [3.8, 4) is 0 Å². The number of aromatic nitrogens is 2. The molecular formula is C21H22N4O2. The fourth-order valence-corrected chi connectivity index (χ4v) is 3.63. The Balaban J connectivity index is 1.45. The van der Waals surface area contributed by atoms with E-state index >= 15 is 0 Å². The first-order valence-electron chi connectivity index (χ1n) is 9.12. The van der Waals surface area contributed by atoms with Crippen LogP contribution >= 0.6 is 0 Å². The number of amides is 2. The minimum atomic E-state index is -0.158. The lowest BCUT2D eigenvalue weighted by Gasteiger charge is -2.16. The molecule has 0 aliphatic carbocycles. The largest absolute Gasteiger partial charge is 0.350 e. The monoisotopic (exact) mass is 362 g/mol. The van der Waals surface area contributed by atoms with Crippen molar-refractivity contribution < 1.29 is 9.59 Å². The molecule has 0 spiro atoms. The highest BCUT2D eigenvalue weighted by molar-refractivity contribution is 5.96. The van der Waals surface area contributed by atoms with E-state index in [1.165, 1.54) is 0 Å². The highest BCUT2D eigenvalue weighted by Gasteiger charge is 2.31. The van der Waals surface area contributed by atoms with Crippen molar-refractivity contribution in [2.24, 2.45) is 5.92 Å². The van der Waals surface area contributed by atoms with Crippen LogP contribution in [0.2, 0.25) is 0 Å². The number of benzene rings is 1. The Kier molecular flexibility index (Phi) is 4.39. The second-order valence-corrected chi connectivity index (χ2v) is 7.10. The molecule has 1 saturated heterocycles. The number of pyridine rings is 1. The lowest BCUT2D eigenvalue weighted by Crippen LogP contribution is -2.32. The first-order valence-corrected chi connectivity index (χ1v) is 9.12. The van der Waals surface area contributed by atoms with Crippen LogP contribution in [0.1, 0.15) is 28.2 Å². The van der Waals surface area contributed by atoms with Crippen LogP contribution in [0.4, 0.5) is 5.69 Å². The number of hydrogen-bond donors (Lipinski definition) is 1. The lowest BCUT2D eigenvalue weighted by atomic mass is 10.1. The van der Waals surface area contributed by atoms with E-state index in [0.29, 0.717) is 30.9 Å². The molecule has 1 atom stereocenters. The summed E-state index contributed by atoms with van der Waals surface area (Å²) in [4.78, 5) is 31.3. The molecule has 1 fully saturated rings. The molecule has 1 aromatic carbocycles. The Morgan fingerprint density at radius 2 is 2.00 bits per heavy atom. The van der Waals surface area contributed by atoms with Crippen molar-refractivity contribution in [1.82, 2.24) is 14.7 Å². The van der Waals surface area contributed by atoms with Gasteiger partial charge in [0.25, 0.3) is 5.91 Å². The van der Waals surface area contributed by atoms with Gasteiger partial charge in [-0.15, -0.1) is 0 Å². The highest BCUT2D eigenvalue weighted by atomic mass is 16.2. The molecule has 0 bridgehead atoms. The van der Waals surface area contributed by atoms with Gasteiger partial charge in [0.05, 0.1) is 5.69 Å². The van der Waals surface area contributed by atoms with Gasteiger partial charge in [-0.25, -0.2) is 4.98 Å². The summed E-state index contributed by atoms with van der Waals surface area (Å²) in [5, 5.41) is 2.99. The van der Waals surface area contributed by atoms with Crippen molar-refractivity contribution in [2.45, 2.75) is 20.3 Å². The number of carbonyl (C=O) groups is 2. The van der Waals surface area contributed by atoms with E-state index in [1.807, 2.05) is 66.9 Å². The molecule has 138 valence electrons. The summed E-state index contributed by atoms with van der Waals surface area (Å²) in [6, 6.07) is 13.6. The summed E-state index contributed by atoms with van der Waals surface area (Å²) in [7, 11) is 0. The van der Waals surface area contributed by atoms with Gasteiger partial charge in [-0.2, -0.15) is 0 Å². The van der Waals surface area contributed by atoms with Gasteiger partial charge in [0, 0.05) is 37.3 Å². The maximum absolute atomic E-state index is 12.7. The van der Waals surface area contributed by atoms with Crippen LogP contribution in [0.5, 0.6) is 0 Å². The molecule has 2 amide bonds. The van der Waals surface area contributed by atoms with E-state index in [1.54, 1.807) is 4.90 Å². The van der Waals surface area contributed by atoms with Crippen LogP contribution in [0.25, 0.3) is 5.65 Å². The quantitative estimate of drug-likeness (QED) is 0.776. The molecule has 0 saturated carbocycles. The fourth-order valence-electron chi connectivity index (χ4n) is 3.63. The summed E-state index contributed by atoms with van der Waals surface area (Å²) in [6.07, 6.45) is 2.32. The summed E-state index contributed by atoms with van der Waals surface area (Å²) in [6.45, 7) is 4.92. The van der Waals surface area contributed by atoms with Crippen LogP contribution in [0.15, 0.2) is 48.7 Å². The molecule has 3 heterocycles. The molecule has 27 heavy (non-hydrogen) atoms. The average molecular weight is 362 g/mol. The summed E-state index contributed by atoms with van der Waals surface area (Å²) in [5.74, 6) is 0.0414. The van der Waals surface area contributed by atoms with Crippen molar-refractivity contribution in [3.63, 3.8) is 0 Å². The molecule has 4 rings (SSSR count). The molecular weight excluding hydrogens is 340 g/mol. The minimum absolute atomic E-state index is 0.0990. The Labute approximate surface area is 157 Å². The standard InChI is InChI=1S/C21H22N4O2/c1-14-8-9-24-18(10-14)23-15(2)20(24)21(27)22-12-16-11-19(26)25(13-16)17-6-4-3-5-7-17/h3-10,16H,11-13H2,1-2H3,(H,22,27). The summed E-state index contributed by atoms with van der Waals surface area (Å²) in [5.41, 5.74) is 4.03. The van der Waals surface area contributed by atoms with Gasteiger partial charge in [-0.05, 0) is 43.7 Å². The predicted octanol–water partition coefficient (Wildman–Crippen LogP) is 2.73. The smallest absolute Gasteiger partial charge is 0.270 e. The molecule has 1 N–H and O–H groups in total. The highest BCUT2D eigenvalue weighted by Crippen LogP contribution is 2.24. The Morgan fingerprint density at radius 3 is 2.78 bits per heavy atom. The van der Waals surface area contributed by atoms with E-state index in [4.69, 9.17) is 0 Å². The summed E-state index contributed by atoms with van der Waals surface area (Å²) >= 11 is 0. The topological polar surface area (TPSA) is 66.7 Å². The van der Waals surface area contributed by atoms with Crippen molar-refractivity contribution in [1.29, 1.82) is 0 Å². The molecule has 1 aliphatic rings. The van der Waals surface area contributed by atoms with Crippen LogP contribution in [0, 0.1) is 19.8 Å². The molecule has 1 aliphatic heterocycles. The van der Waals surface area contributed by atoms with Crippen LogP contribution in [-0.2, 0) is 4.79 Å². The minimum Gasteiger partial charge on any atom is -0.350 e. The van der Waals surface area contributed by atoms with Gasteiger partial charge >= 0.3 is 0 Å². The third-order valence-electron chi connectivity index (χ3n) is 5.00. The van der Waals surface area contributed by atoms with Crippen molar-refractivity contribution >= 4 is 23.1 Å². The number of hydrogen-bond acceptors (Lipinski definition) is 3. The van der Waals surface area contributed by atoms with Gasteiger partial charge in [0.15, 0.2) is 0 Å². The number of imidazole rings is 1. The fraction of sp³-hybridized carbons (Fsp3) is 0.286. The van der Waals surface area contributed by atoms with Crippen LogP contribution in [0.3, 0.4) is 0 Å². The second kappa shape index (κ2) is 6.87. The predicted molar refractivity (Wildman–Crippen MR) is 104 cm³/mol. The average Bonchev–Trinajstić information content (AvgIpc) is 3.19. The maximum atomic E-state index is 12.7. The number of aryl methyl sites for hydroxylation is 2. The number of para-hydroxylation sites is 1. The normalized spacial score (nSPS) is 16.9. The van der Waals surface area contributed by atoms with E-state index < -0.39 is 0 Å². The zero-order valence-electron chi connectivity index (χ0n) is 15.5. The van der Waals surface area contributed by atoms with Crippen LogP contribution in [-0.4, -0.2) is 34.3 Å². The van der Waals surface area contributed by atoms with Crippen molar-refractivity contribution in [2.75, 3.05) is 18.0 Å². The number of carbonyl (C=O) groups excluding carboxylic acids is 2. The number of nitrogens with zero attached hydrogens (tertiary/aromatic N) is 3. The molecule has 6 heteroatoms. The summed E-state index contributed by atoms with van der Waals surface area (Å²) < 4.78 is 1.81. The van der Waals surface area contributed by atoms with Crippen LogP contribution < -0.4 is 10.2 Å². The molecule has 3 aromatic rings. The molecule has 2 aromatic heterocycles. The van der Waals surface area contributed by atoms with Crippen molar-refractivity contribution in [3.05, 3.63) is 65.6 Å². The van der Waals surface area contributed by atoms with E-state index in [2.05, 4.69) is 10.3 Å². The third kappa shape index (κ3) is 3.30. The van der Waals surface area contributed by atoms with Gasteiger partial charge < -0.3 is 10.2 Å². The number of nitrogens with one attached hydrogen (secondary N) is 1. The molecule has 1 unspecified atom stereocenters. The van der Waals surface area contributed by atoms with E-state index in [0.717, 1.165) is 16.9 Å². The Hall–Kier alpha value is -3.15.